The monoisotopic (exact) mass is 456 g/mol. The molecule has 5 heterocycles. The normalized spacial score (nSPS) is 15.0. The molecule has 33 heavy (non-hydrogen) atoms. The fourth-order valence-electron chi connectivity index (χ4n) is 4.91. The number of carbonyl (C=O) groups is 1. The third-order valence-electron chi connectivity index (χ3n) is 6.66. The number of aromatic nitrogens is 4. The number of nitrogen functional groups attached to an aromatic ring is 1. The first-order valence-electron chi connectivity index (χ1n) is 11.1. The number of thiophene rings is 1. The molecule has 166 valence electrons. The number of nitrogens with two attached hydrogens (primary N) is 1. The minimum Gasteiger partial charge on any atom is -0.382 e. The van der Waals surface area contributed by atoms with Gasteiger partial charge in [0.15, 0.2) is 0 Å². The summed E-state index contributed by atoms with van der Waals surface area (Å²) in [5.74, 6) is 1.80. The quantitative estimate of drug-likeness (QED) is 0.406. The molecule has 1 amide bonds. The summed E-state index contributed by atoms with van der Waals surface area (Å²) in [5, 5.41) is 5.04. The Labute approximate surface area is 194 Å². The van der Waals surface area contributed by atoms with Crippen LogP contribution in [0, 0.1) is 6.92 Å². The number of nitrogens with zero attached hydrogens (tertiary/aromatic N) is 4. The van der Waals surface area contributed by atoms with Gasteiger partial charge in [-0.05, 0) is 48.9 Å². The van der Waals surface area contributed by atoms with Crippen molar-refractivity contribution >= 4 is 39.5 Å². The molecule has 1 fully saturated rings. The number of aromatic amines is 1. The lowest BCUT2D eigenvalue weighted by atomic mass is 9.95. The van der Waals surface area contributed by atoms with Gasteiger partial charge < -0.3 is 15.6 Å². The number of piperidine rings is 1. The van der Waals surface area contributed by atoms with Crippen LogP contribution in [-0.2, 0) is 0 Å². The zero-order chi connectivity index (χ0) is 22.5. The summed E-state index contributed by atoms with van der Waals surface area (Å²) in [5.41, 5.74) is 12.0. The molecule has 6 rings (SSSR count). The van der Waals surface area contributed by atoms with Gasteiger partial charge in [-0.15, -0.1) is 0 Å². The number of likely N-dealkylation sites (tertiary alicyclic amines) is 1. The zero-order valence-electron chi connectivity index (χ0n) is 18.3. The van der Waals surface area contributed by atoms with Crippen molar-refractivity contribution in [2.75, 3.05) is 18.8 Å². The molecule has 4 aromatic heterocycles. The highest BCUT2D eigenvalue weighted by Crippen LogP contribution is 2.35. The van der Waals surface area contributed by atoms with E-state index < -0.39 is 0 Å². The van der Waals surface area contributed by atoms with Crippen molar-refractivity contribution in [3.63, 3.8) is 0 Å². The van der Waals surface area contributed by atoms with Gasteiger partial charge in [0, 0.05) is 47.7 Å². The third-order valence-corrected chi connectivity index (χ3v) is 7.35. The van der Waals surface area contributed by atoms with Gasteiger partial charge in [-0.2, -0.15) is 11.3 Å². The molecule has 5 aromatic rings. The maximum Gasteiger partial charge on any atom is 0.254 e. The van der Waals surface area contributed by atoms with Crippen LogP contribution in [0.5, 0.6) is 0 Å². The van der Waals surface area contributed by atoms with Crippen LogP contribution >= 0.6 is 11.3 Å². The van der Waals surface area contributed by atoms with E-state index in [0.29, 0.717) is 5.82 Å². The second-order valence-electron chi connectivity index (χ2n) is 8.65. The Hall–Kier alpha value is -3.65. The van der Waals surface area contributed by atoms with E-state index in [1.54, 1.807) is 17.5 Å². The Balaban J connectivity index is 1.36. The van der Waals surface area contributed by atoms with E-state index >= 15 is 0 Å². The predicted octanol–water partition coefficient (Wildman–Crippen LogP) is 4.85. The first-order chi connectivity index (χ1) is 16.1. The molecule has 1 aromatic carbocycles. The topological polar surface area (TPSA) is 92.3 Å². The van der Waals surface area contributed by atoms with Crippen LogP contribution in [0.25, 0.3) is 27.8 Å². The van der Waals surface area contributed by atoms with Gasteiger partial charge in [0.25, 0.3) is 5.91 Å². The van der Waals surface area contributed by atoms with Crippen molar-refractivity contribution in [3.05, 3.63) is 70.4 Å². The number of benzene rings is 1. The molecular formula is C25H24N6OS. The Morgan fingerprint density at radius 2 is 2.09 bits per heavy atom. The molecule has 8 heteroatoms. The van der Waals surface area contributed by atoms with E-state index in [-0.39, 0.29) is 11.8 Å². The molecule has 0 spiro atoms. The number of H-pyrrole nitrogens is 1. The summed E-state index contributed by atoms with van der Waals surface area (Å²) in [6, 6.07) is 10.3. The number of hydrogen-bond acceptors (Lipinski definition) is 5. The lowest BCUT2D eigenvalue weighted by Gasteiger charge is -2.31. The number of hydrogen-bond donors (Lipinski definition) is 2. The summed E-state index contributed by atoms with van der Waals surface area (Å²) in [4.78, 5) is 27.6. The number of amides is 1. The Morgan fingerprint density at radius 3 is 2.85 bits per heavy atom. The van der Waals surface area contributed by atoms with Gasteiger partial charge in [0.2, 0.25) is 0 Å². The molecule has 0 bridgehead atoms. The van der Waals surface area contributed by atoms with E-state index in [9.17, 15) is 4.79 Å². The van der Waals surface area contributed by atoms with Crippen LogP contribution in [0.1, 0.15) is 40.5 Å². The largest absolute Gasteiger partial charge is 0.382 e. The maximum atomic E-state index is 12.7. The van der Waals surface area contributed by atoms with Crippen LogP contribution in [0.15, 0.2) is 53.5 Å². The number of nitrogens with one attached hydrogen (secondary N) is 1. The second kappa shape index (κ2) is 7.74. The Bertz CT molecular complexity index is 1470. The van der Waals surface area contributed by atoms with Crippen molar-refractivity contribution in [2.24, 2.45) is 0 Å². The minimum atomic E-state index is 0.116. The molecule has 1 aliphatic rings. The average molecular weight is 457 g/mol. The summed E-state index contributed by atoms with van der Waals surface area (Å²) < 4.78 is 2.08. The molecule has 1 aliphatic heterocycles. The molecule has 0 atom stereocenters. The van der Waals surface area contributed by atoms with Crippen molar-refractivity contribution in [1.29, 1.82) is 0 Å². The van der Waals surface area contributed by atoms with Gasteiger partial charge in [-0.1, -0.05) is 12.1 Å². The fraction of sp³-hybridized carbons (Fsp3) is 0.240. The molecule has 1 saturated heterocycles. The van der Waals surface area contributed by atoms with Crippen molar-refractivity contribution in [1.82, 2.24) is 24.3 Å². The first kappa shape index (κ1) is 20.0. The zero-order valence-corrected chi connectivity index (χ0v) is 19.1. The van der Waals surface area contributed by atoms with Crippen molar-refractivity contribution < 1.29 is 4.79 Å². The molecule has 7 nitrogen and oxygen atoms in total. The van der Waals surface area contributed by atoms with Crippen LogP contribution in [0.3, 0.4) is 0 Å². The van der Waals surface area contributed by atoms with Gasteiger partial charge in [-0.3, -0.25) is 9.20 Å². The van der Waals surface area contributed by atoms with Gasteiger partial charge in [0.05, 0.1) is 11.3 Å². The van der Waals surface area contributed by atoms with E-state index in [1.807, 2.05) is 27.9 Å². The van der Waals surface area contributed by atoms with Crippen LogP contribution < -0.4 is 5.73 Å². The Kier molecular flexibility index (Phi) is 4.69. The van der Waals surface area contributed by atoms with Crippen LogP contribution in [0.4, 0.5) is 5.82 Å². The van der Waals surface area contributed by atoms with Crippen molar-refractivity contribution in [2.45, 2.75) is 25.7 Å². The molecule has 0 unspecified atom stereocenters. The van der Waals surface area contributed by atoms with Crippen LogP contribution in [0.2, 0.25) is 0 Å². The third kappa shape index (κ3) is 3.29. The first-order valence-corrected chi connectivity index (χ1v) is 12.1. The number of imidazole rings is 1. The minimum absolute atomic E-state index is 0.116. The number of rotatable bonds is 3. The number of anilines is 1. The van der Waals surface area contributed by atoms with Gasteiger partial charge in [0.1, 0.15) is 22.9 Å². The summed E-state index contributed by atoms with van der Waals surface area (Å²) >= 11 is 1.55. The summed E-state index contributed by atoms with van der Waals surface area (Å²) in [7, 11) is 0. The second-order valence-corrected chi connectivity index (χ2v) is 9.43. The number of carbonyl (C=O) groups excluding carboxylic acids is 1. The average Bonchev–Trinajstić information content (AvgIpc) is 3.58. The number of fused-ring (bicyclic) bond motifs is 2. The van der Waals surface area contributed by atoms with Gasteiger partial charge >= 0.3 is 0 Å². The van der Waals surface area contributed by atoms with Crippen molar-refractivity contribution in [3.8, 4) is 11.4 Å². The predicted molar refractivity (Wildman–Crippen MR) is 132 cm³/mol. The molecule has 3 N–H and O–H groups in total. The van der Waals surface area contributed by atoms with E-state index in [4.69, 9.17) is 10.7 Å². The maximum absolute atomic E-state index is 12.7. The molecule has 0 aliphatic carbocycles. The highest BCUT2D eigenvalue weighted by atomic mass is 32.1. The summed E-state index contributed by atoms with van der Waals surface area (Å²) in [6.45, 7) is 3.54. The van der Waals surface area contributed by atoms with E-state index in [0.717, 1.165) is 59.7 Å². The molecule has 0 saturated carbocycles. The molecular weight excluding hydrogens is 432 g/mol. The fourth-order valence-corrected chi connectivity index (χ4v) is 5.54. The van der Waals surface area contributed by atoms with E-state index in [2.05, 4.69) is 45.6 Å². The standard InChI is InChI=1S/C25H24N6OS/c1-15-3-2-4-19-18(15)13-20(28-19)21-22-23(26)27-8-11-31(22)24(29-21)16-5-9-30(10-6-16)25(32)17-7-12-33-14-17/h2-4,7-8,11-14,16,28H,5-6,9-10H2,1H3,(H2,26,27). The highest BCUT2D eigenvalue weighted by Gasteiger charge is 2.29. The lowest BCUT2D eigenvalue weighted by Crippen LogP contribution is -2.38. The van der Waals surface area contributed by atoms with E-state index in [1.165, 1.54) is 10.9 Å². The highest BCUT2D eigenvalue weighted by molar-refractivity contribution is 7.08. The van der Waals surface area contributed by atoms with Gasteiger partial charge in [-0.25, -0.2) is 9.97 Å². The lowest BCUT2D eigenvalue weighted by molar-refractivity contribution is 0.0711. The Morgan fingerprint density at radius 1 is 1.24 bits per heavy atom. The molecule has 0 radical (unpaired) electrons. The summed E-state index contributed by atoms with van der Waals surface area (Å²) in [6.07, 6.45) is 5.39. The smallest absolute Gasteiger partial charge is 0.254 e. The SMILES string of the molecule is Cc1cccc2[nH]c(-c3nc(C4CCN(C(=O)c5ccsc5)CC4)n4ccnc(N)c34)cc12. The number of aryl methyl sites for hydroxylation is 1. The van der Waals surface area contributed by atoms with Crippen LogP contribution in [-0.4, -0.2) is 43.2 Å².